The molecule has 3 rings (SSSR count). The molecule has 0 unspecified atom stereocenters. The van der Waals surface area contributed by atoms with E-state index in [1.54, 1.807) is 7.11 Å². The van der Waals surface area contributed by atoms with Gasteiger partial charge >= 0.3 is 0 Å². The molecule has 1 aliphatic rings. The monoisotopic (exact) mass is 359 g/mol. The molecule has 1 aliphatic carbocycles. The summed E-state index contributed by atoms with van der Waals surface area (Å²) in [5, 5.41) is 3.08. The Morgan fingerprint density at radius 2 is 1.86 bits per heavy atom. The number of methoxy groups -OCH3 is 1. The molecule has 2 aromatic carbocycles. The minimum absolute atomic E-state index is 0.0723. The van der Waals surface area contributed by atoms with Crippen LogP contribution < -0.4 is 10.1 Å². The minimum Gasteiger partial charge on any atom is -0.497 e. The number of aryl methyl sites for hydroxylation is 1. The van der Waals surface area contributed by atoms with E-state index in [0.717, 1.165) is 39.9 Å². The number of benzene rings is 2. The molecule has 0 saturated heterocycles. The van der Waals surface area contributed by atoms with E-state index in [0.29, 0.717) is 0 Å². The van der Waals surface area contributed by atoms with E-state index in [1.807, 2.05) is 49.4 Å². The van der Waals surface area contributed by atoms with Crippen molar-refractivity contribution in [2.75, 3.05) is 12.4 Å². The molecule has 3 nitrogen and oxygen atoms in total. The molecule has 2 aromatic rings. The summed E-state index contributed by atoms with van der Waals surface area (Å²) < 4.78 is 6.19. The van der Waals surface area contributed by atoms with Crippen LogP contribution in [0.3, 0.4) is 0 Å². The van der Waals surface area contributed by atoms with Gasteiger partial charge in [0.25, 0.3) is 0 Å². The summed E-state index contributed by atoms with van der Waals surface area (Å²) >= 11 is 3.44. The van der Waals surface area contributed by atoms with Crippen molar-refractivity contribution in [3.05, 3.63) is 58.1 Å². The maximum atomic E-state index is 12.7. The lowest BCUT2D eigenvalue weighted by atomic mass is 9.94. The Morgan fingerprint density at radius 3 is 2.41 bits per heavy atom. The van der Waals surface area contributed by atoms with E-state index < -0.39 is 0 Å². The van der Waals surface area contributed by atoms with Gasteiger partial charge in [0, 0.05) is 10.2 Å². The van der Waals surface area contributed by atoms with Gasteiger partial charge in [-0.1, -0.05) is 28.1 Å². The summed E-state index contributed by atoms with van der Waals surface area (Å²) in [5.74, 6) is 0.881. The predicted octanol–water partition coefficient (Wildman–Crippen LogP) is 4.44. The van der Waals surface area contributed by atoms with E-state index in [1.165, 1.54) is 0 Å². The van der Waals surface area contributed by atoms with Crippen molar-refractivity contribution in [2.45, 2.75) is 25.2 Å². The van der Waals surface area contributed by atoms with Crippen molar-refractivity contribution in [3.8, 4) is 5.75 Å². The lowest BCUT2D eigenvalue weighted by Gasteiger charge is -2.17. The maximum absolute atomic E-state index is 12.7. The van der Waals surface area contributed by atoms with Crippen LogP contribution in [0, 0.1) is 6.92 Å². The van der Waals surface area contributed by atoms with Crippen molar-refractivity contribution >= 4 is 27.5 Å². The zero-order valence-corrected chi connectivity index (χ0v) is 14.2. The third kappa shape index (κ3) is 2.75. The van der Waals surface area contributed by atoms with Crippen LogP contribution in [0.1, 0.15) is 24.0 Å². The first-order chi connectivity index (χ1) is 10.5. The second kappa shape index (κ2) is 5.76. The number of hydrogen-bond donors (Lipinski definition) is 1. The van der Waals surface area contributed by atoms with Gasteiger partial charge in [-0.25, -0.2) is 0 Å². The summed E-state index contributed by atoms with van der Waals surface area (Å²) in [6, 6.07) is 13.7. The molecule has 1 fully saturated rings. The first kappa shape index (κ1) is 15.1. The van der Waals surface area contributed by atoms with Gasteiger partial charge in [0.15, 0.2) is 0 Å². The average Bonchev–Trinajstić information content (AvgIpc) is 3.32. The summed E-state index contributed by atoms with van der Waals surface area (Å²) in [7, 11) is 1.64. The van der Waals surface area contributed by atoms with Crippen molar-refractivity contribution in [2.24, 2.45) is 0 Å². The third-order valence-corrected chi connectivity index (χ3v) is 4.76. The summed E-state index contributed by atoms with van der Waals surface area (Å²) in [6.45, 7) is 1.99. The lowest BCUT2D eigenvalue weighted by Crippen LogP contribution is -2.28. The maximum Gasteiger partial charge on any atom is 0.235 e. The highest BCUT2D eigenvalue weighted by Crippen LogP contribution is 2.49. The van der Waals surface area contributed by atoms with Crippen molar-refractivity contribution in [1.82, 2.24) is 0 Å². The van der Waals surface area contributed by atoms with Gasteiger partial charge < -0.3 is 10.1 Å². The highest BCUT2D eigenvalue weighted by molar-refractivity contribution is 9.10. The fourth-order valence-corrected chi connectivity index (χ4v) is 3.17. The van der Waals surface area contributed by atoms with E-state index in [9.17, 15) is 4.79 Å². The second-order valence-electron chi connectivity index (χ2n) is 5.72. The van der Waals surface area contributed by atoms with E-state index in [-0.39, 0.29) is 11.3 Å². The van der Waals surface area contributed by atoms with E-state index in [2.05, 4.69) is 21.2 Å². The molecule has 22 heavy (non-hydrogen) atoms. The molecule has 4 heteroatoms. The van der Waals surface area contributed by atoms with Gasteiger partial charge in [0.1, 0.15) is 5.75 Å². The number of rotatable bonds is 4. The van der Waals surface area contributed by atoms with Crippen LogP contribution >= 0.6 is 15.9 Å². The molecular weight excluding hydrogens is 342 g/mol. The van der Waals surface area contributed by atoms with Crippen molar-refractivity contribution < 1.29 is 9.53 Å². The van der Waals surface area contributed by atoms with Crippen LogP contribution in [0.2, 0.25) is 0 Å². The van der Waals surface area contributed by atoms with E-state index >= 15 is 0 Å². The smallest absolute Gasteiger partial charge is 0.235 e. The number of carbonyl (C=O) groups excluding carboxylic acids is 1. The Labute approximate surface area is 138 Å². The third-order valence-electron chi connectivity index (χ3n) is 4.26. The molecule has 0 aliphatic heterocycles. The van der Waals surface area contributed by atoms with Gasteiger partial charge in [-0.05, 0) is 61.2 Å². The quantitative estimate of drug-likeness (QED) is 0.876. The zero-order chi connectivity index (χ0) is 15.7. The van der Waals surface area contributed by atoms with Crippen LogP contribution in [0.25, 0.3) is 0 Å². The Hall–Kier alpha value is -1.81. The van der Waals surface area contributed by atoms with Gasteiger partial charge in [0.05, 0.1) is 12.5 Å². The highest BCUT2D eigenvalue weighted by atomic mass is 79.9. The molecule has 0 atom stereocenters. The second-order valence-corrected chi connectivity index (χ2v) is 6.64. The Bertz CT molecular complexity index is 706. The molecule has 0 spiro atoms. The first-order valence-corrected chi connectivity index (χ1v) is 8.06. The minimum atomic E-state index is -0.383. The molecular formula is C18H18BrNO2. The highest BCUT2D eigenvalue weighted by Gasteiger charge is 2.51. The first-order valence-electron chi connectivity index (χ1n) is 7.27. The average molecular weight is 360 g/mol. The van der Waals surface area contributed by atoms with E-state index in [4.69, 9.17) is 4.74 Å². The number of carbonyl (C=O) groups is 1. The number of hydrogen-bond acceptors (Lipinski definition) is 2. The lowest BCUT2D eigenvalue weighted by molar-refractivity contribution is -0.118. The normalized spacial score (nSPS) is 15.2. The molecule has 0 aromatic heterocycles. The summed E-state index contributed by atoms with van der Waals surface area (Å²) in [6.07, 6.45) is 1.78. The van der Waals surface area contributed by atoms with Crippen molar-refractivity contribution in [3.63, 3.8) is 0 Å². The summed E-state index contributed by atoms with van der Waals surface area (Å²) in [5.41, 5.74) is 2.59. The molecule has 1 saturated carbocycles. The molecule has 1 amide bonds. The van der Waals surface area contributed by atoms with Crippen LogP contribution in [0.15, 0.2) is 46.9 Å². The SMILES string of the molecule is COc1ccc(C2(C(=O)Nc3ccc(Br)cc3C)CC2)cc1. The molecule has 0 heterocycles. The zero-order valence-electron chi connectivity index (χ0n) is 12.7. The fraction of sp³-hybridized carbons (Fsp3) is 0.278. The molecule has 0 radical (unpaired) electrons. The Morgan fingerprint density at radius 1 is 1.18 bits per heavy atom. The van der Waals surface area contributed by atoms with Crippen molar-refractivity contribution in [1.29, 1.82) is 0 Å². The number of anilines is 1. The van der Waals surface area contributed by atoms with Crippen LogP contribution in [0.4, 0.5) is 5.69 Å². The predicted molar refractivity (Wildman–Crippen MR) is 91.4 cm³/mol. The van der Waals surface area contributed by atoms with Crippen LogP contribution in [-0.2, 0) is 10.2 Å². The largest absolute Gasteiger partial charge is 0.497 e. The van der Waals surface area contributed by atoms with Gasteiger partial charge in [-0.3, -0.25) is 4.79 Å². The van der Waals surface area contributed by atoms with Gasteiger partial charge in [-0.15, -0.1) is 0 Å². The number of amides is 1. The molecule has 114 valence electrons. The Balaban J connectivity index is 1.81. The standard InChI is InChI=1S/C18H18BrNO2/c1-12-11-14(19)5-8-16(12)20-17(21)18(9-10-18)13-3-6-15(22-2)7-4-13/h3-8,11H,9-10H2,1-2H3,(H,20,21). The summed E-state index contributed by atoms with van der Waals surface area (Å²) in [4.78, 5) is 12.7. The number of halogens is 1. The number of nitrogens with one attached hydrogen (secondary N) is 1. The van der Waals surface area contributed by atoms with Gasteiger partial charge in [0.2, 0.25) is 5.91 Å². The van der Waals surface area contributed by atoms with Crippen LogP contribution in [-0.4, -0.2) is 13.0 Å². The Kier molecular flexibility index (Phi) is 3.96. The van der Waals surface area contributed by atoms with Gasteiger partial charge in [-0.2, -0.15) is 0 Å². The molecule has 0 bridgehead atoms. The number of ether oxygens (including phenoxy) is 1. The molecule has 1 N–H and O–H groups in total. The fourth-order valence-electron chi connectivity index (χ4n) is 2.69. The van der Waals surface area contributed by atoms with Crippen LogP contribution in [0.5, 0.6) is 5.75 Å². The topological polar surface area (TPSA) is 38.3 Å².